The Kier molecular flexibility index (Phi) is 4.19. The lowest BCUT2D eigenvalue weighted by molar-refractivity contribution is -0.215. The van der Waals surface area contributed by atoms with Crippen LogP contribution < -0.4 is 0 Å². The van der Waals surface area contributed by atoms with Crippen molar-refractivity contribution in [3.05, 3.63) is 0 Å². The van der Waals surface area contributed by atoms with Crippen molar-refractivity contribution in [2.24, 2.45) is 0 Å². The van der Waals surface area contributed by atoms with E-state index in [0.29, 0.717) is 6.10 Å². The summed E-state index contributed by atoms with van der Waals surface area (Å²) in [5.74, 6) is 0. The van der Waals surface area contributed by atoms with E-state index in [-0.39, 0.29) is 6.29 Å². The molecule has 0 aromatic heterocycles. The highest BCUT2D eigenvalue weighted by Gasteiger charge is 2.22. The number of ether oxygens (including phenoxy) is 4. The van der Waals surface area contributed by atoms with Crippen molar-refractivity contribution in [2.75, 3.05) is 33.0 Å². The summed E-state index contributed by atoms with van der Waals surface area (Å²) in [5.41, 5.74) is 0. The maximum absolute atomic E-state index is 5.42. The third-order valence-electron chi connectivity index (χ3n) is 2.35. The molecule has 0 radical (unpaired) electrons. The Balaban J connectivity index is 1.29. The number of unbranched alkanes of at least 4 members (excludes halogenated alkanes) is 1. The van der Waals surface area contributed by atoms with Crippen LogP contribution in [0.15, 0.2) is 0 Å². The van der Waals surface area contributed by atoms with Gasteiger partial charge in [-0.3, -0.25) is 0 Å². The maximum atomic E-state index is 5.42. The highest BCUT2D eigenvalue weighted by molar-refractivity contribution is 4.66. The van der Waals surface area contributed by atoms with Gasteiger partial charge in [-0.05, 0) is 12.8 Å². The van der Waals surface area contributed by atoms with Gasteiger partial charge in [-0.15, -0.1) is 0 Å². The zero-order valence-electron chi connectivity index (χ0n) is 8.44. The summed E-state index contributed by atoms with van der Waals surface area (Å²) in [4.78, 5) is 0. The normalized spacial score (nSPS) is 30.0. The van der Waals surface area contributed by atoms with Crippen molar-refractivity contribution in [1.29, 1.82) is 0 Å². The van der Waals surface area contributed by atoms with E-state index in [1.54, 1.807) is 0 Å². The van der Waals surface area contributed by atoms with Crippen molar-refractivity contribution >= 4 is 0 Å². The van der Waals surface area contributed by atoms with Crippen LogP contribution in [0.1, 0.15) is 19.3 Å². The monoisotopic (exact) mass is 202 g/mol. The van der Waals surface area contributed by atoms with Gasteiger partial charge >= 0.3 is 0 Å². The van der Waals surface area contributed by atoms with Crippen LogP contribution in [0.5, 0.6) is 0 Å². The molecule has 14 heavy (non-hydrogen) atoms. The molecule has 2 heterocycles. The average Bonchev–Trinajstić information content (AvgIpc) is 2.90. The first kappa shape index (κ1) is 10.4. The van der Waals surface area contributed by atoms with E-state index in [4.69, 9.17) is 18.9 Å². The minimum absolute atomic E-state index is 0.0794. The van der Waals surface area contributed by atoms with Gasteiger partial charge in [0, 0.05) is 19.6 Å². The largest absolute Gasteiger partial charge is 0.379 e. The molecule has 4 heteroatoms. The van der Waals surface area contributed by atoms with Crippen molar-refractivity contribution in [1.82, 2.24) is 0 Å². The minimum atomic E-state index is 0.0794. The molecule has 2 aliphatic heterocycles. The SMILES string of the molecule is C(CCOC1CCO1)COCC1CO1. The second-order valence-electron chi connectivity index (χ2n) is 3.70. The van der Waals surface area contributed by atoms with E-state index in [9.17, 15) is 0 Å². The van der Waals surface area contributed by atoms with Gasteiger partial charge < -0.3 is 18.9 Å². The van der Waals surface area contributed by atoms with Crippen LogP contribution in [-0.4, -0.2) is 45.4 Å². The number of rotatable bonds is 8. The summed E-state index contributed by atoms with van der Waals surface area (Å²) in [6.45, 7) is 4.09. The number of hydrogen-bond donors (Lipinski definition) is 0. The van der Waals surface area contributed by atoms with Crippen LogP contribution >= 0.6 is 0 Å². The summed E-state index contributed by atoms with van der Waals surface area (Å²) < 4.78 is 21.0. The quantitative estimate of drug-likeness (QED) is 0.434. The molecule has 0 aliphatic carbocycles. The van der Waals surface area contributed by atoms with Crippen molar-refractivity contribution in [2.45, 2.75) is 31.7 Å². The Bertz CT molecular complexity index is 154. The second-order valence-corrected chi connectivity index (χ2v) is 3.70. The lowest BCUT2D eigenvalue weighted by Crippen LogP contribution is -2.29. The second kappa shape index (κ2) is 5.66. The van der Waals surface area contributed by atoms with E-state index in [2.05, 4.69) is 0 Å². The van der Waals surface area contributed by atoms with Crippen LogP contribution in [0.2, 0.25) is 0 Å². The van der Waals surface area contributed by atoms with Gasteiger partial charge in [0.15, 0.2) is 6.29 Å². The standard InChI is InChI=1S/C10H18O4/c1(4-11-7-9-8-14-9)2-5-12-10-3-6-13-10/h9-10H,1-8H2. The first-order valence-electron chi connectivity index (χ1n) is 5.38. The summed E-state index contributed by atoms with van der Waals surface area (Å²) in [6.07, 6.45) is 3.62. The van der Waals surface area contributed by atoms with Gasteiger partial charge in [0.05, 0.1) is 19.8 Å². The fourth-order valence-corrected chi connectivity index (χ4v) is 1.25. The molecule has 0 aromatic rings. The molecule has 0 N–H and O–H groups in total. The van der Waals surface area contributed by atoms with Gasteiger partial charge in [-0.1, -0.05) is 0 Å². The smallest absolute Gasteiger partial charge is 0.159 e. The Morgan fingerprint density at radius 3 is 2.57 bits per heavy atom. The average molecular weight is 202 g/mol. The third-order valence-corrected chi connectivity index (χ3v) is 2.35. The van der Waals surface area contributed by atoms with Gasteiger partial charge in [-0.25, -0.2) is 0 Å². The molecule has 82 valence electrons. The van der Waals surface area contributed by atoms with E-state index >= 15 is 0 Å². The Hall–Kier alpha value is -0.160. The van der Waals surface area contributed by atoms with Crippen molar-refractivity contribution in [3.63, 3.8) is 0 Å². The maximum Gasteiger partial charge on any atom is 0.159 e. The van der Waals surface area contributed by atoms with Crippen molar-refractivity contribution in [3.8, 4) is 0 Å². The third kappa shape index (κ3) is 3.92. The van der Waals surface area contributed by atoms with Crippen LogP contribution in [0.3, 0.4) is 0 Å². The molecular formula is C10H18O4. The van der Waals surface area contributed by atoms with Crippen LogP contribution in [0.4, 0.5) is 0 Å². The van der Waals surface area contributed by atoms with E-state index < -0.39 is 0 Å². The van der Waals surface area contributed by atoms with Crippen LogP contribution in [0, 0.1) is 0 Å². The van der Waals surface area contributed by atoms with Gasteiger partial charge in [0.1, 0.15) is 6.10 Å². The number of epoxide rings is 1. The first-order chi connectivity index (χ1) is 6.95. The molecule has 0 aromatic carbocycles. The van der Waals surface area contributed by atoms with Crippen molar-refractivity contribution < 1.29 is 18.9 Å². The topological polar surface area (TPSA) is 40.2 Å². The fraction of sp³-hybridized carbons (Fsp3) is 1.00. The Morgan fingerprint density at radius 1 is 1.14 bits per heavy atom. The van der Waals surface area contributed by atoms with Crippen LogP contribution in [-0.2, 0) is 18.9 Å². The van der Waals surface area contributed by atoms with Gasteiger partial charge in [0.25, 0.3) is 0 Å². The Morgan fingerprint density at radius 2 is 1.93 bits per heavy atom. The number of hydrogen-bond acceptors (Lipinski definition) is 4. The lowest BCUT2D eigenvalue weighted by atomic mass is 10.3. The molecule has 4 nitrogen and oxygen atoms in total. The molecule has 2 atom stereocenters. The molecular weight excluding hydrogens is 184 g/mol. The molecule has 2 aliphatic rings. The molecule has 2 unspecified atom stereocenters. The lowest BCUT2D eigenvalue weighted by Gasteiger charge is -2.26. The minimum Gasteiger partial charge on any atom is -0.379 e. The molecule has 2 saturated heterocycles. The van der Waals surface area contributed by atoms with E-state index in [0.717, 1.165) is 52.3 Å². The summed E-state index contributed by atoms with van der Waals surface area (Å²) in [5, 5.41) is 0. The molecule has 0 amide bonds. The summed E-state index contributed by atoms with van der Waals surface area (Å²) >= 11 is 0. The van der Waals surface area contributed by atoms with Gasteiger partial charge in [-0.2, -0.15) is 0 Å². The summed E-state index contributed by atoms with van der Waals surface area (Å²) in [7, 11) is 0. The zero-order valence-corrected chi connectivity index (χ0v) is 8.44. The molecule has 2 fully saturated rings. The fourth-order valence-electron chi connectivity index (χ4n) is 1.25. The molecule has 0 spiro atoms. The zero-order chi connectivity index (χ0) is 9.64. The Labute approximate surface area is 84.5 Å². The predicted octanol–water partition coefficient (Wildman–Crippen LogP) is 0.945. The first-order valence-corrected chi connectivity index (χ1v) is 5.38. The van der Waals surface area contributed by atoms with Gasteiger partial charge in [0.2, 0.25) is 0 Å². The molecule has 0 saturated carbocycles. The van der Waals surface area contributed by atoms with E-state index in [1.807, 2.05) is 0 Å². The van der Waals surface area contributed by atoms with E-state index in [1.165, 1.54) is 0 Å². The molecule has 2 rings (SSSR count). The predicted molar refractivity (Wildman–Crippen MR) is 50.1 cm³/mol. The highest BCUT2D eigenvalue weighted by atomic mass is 16.7. The highest BCUT2D eigenvalue weighted by Crippen LogP contribution is 2.12. The van der Waals surface area contributed by atoms with Crippen LogP contribution in [0.25, 0.3) is 0 Å². The molecule has 0 bridgehead atoms. The summed E-state index contributed by atoms with van der Waals surface area (Å²) in [6, 6.07) is 0.